The molecule has 0 aliphatic rings. The number of amides is 2. The first-order valence-corrected chi connectivity index (χ1v) is 16.0. The molecule has 9 heteroatoms. The minimum Gasteiger partial charge on any atom is -0.352 e. The lowest BCUT2D eigenvalue weighted by atomic mass is 10.0. The largest absolute Gasteiger partial charge is 0.352 e. The van der Waals surface area contributed by atoms with E-state index in [0.717, 1.165) is 28.5 Å². The molecular weight excluding hydrogens is 558 g/mol. The van der Waals surface area contributed by atoms with E-state index in [-0.39, 0.29) is 43.8 Å². The molecule has 0 saturated heterocycles. The van der Waals surface area contributed by atoms with Gasteiger partial charge in [0, 0.05) is 37.0 Å². The van der Waals surface area contributed by atoms with Crippen LogP contribution in [0.5, 0.6) is 0 Å². The highest BCUT2D eigenvalue weighted by atomic mass is 35.5. The summed E-state index contributed by atoms with van der Waals surface area (Å²) >= 11 is 6.17. The van der Waals surface area contributed by atoms with Crippen molar-refractivity contribution in [2.24, 2.45) is 0 Å². The van der Waals surface area contributed by atoms with Crippen LogP contribution in [0.4, 0.5) is 5.69 Å². The molecule has 0 unspecified atom stereocenters. The zero-order chi connectivity index (χ0) is 30.2. The molecule has 0 fully saturated rings. The van der Waals surface area contributed by atoms with Crippen molar-refractivity contribution in [1.29, 1.82) is 0 Å². The predicted molar refractivity (Wildman–Crippen MR) is 167 cm³/mol. The maximum atomic E-state index is 13.9. The Morgan fingerprint density at radius 1 is 0.927 bits per heavy atom. The second-order valence-corrected chi connectivity index (χ2v) is 13.1. The van der Waals surface area contributed by atoms with Crippen molar-refractivity contribution >= 4 is 39.1 Å². The number of aryl methyl sites for hydroxylation is 2. The SMILES string of the molecule is Cc1ccc(CN(C(=O)CCCN(c2cc(Cl)ccc2C)S(C)(=O)=O)[C@@H](Cc2ccccc2)C(=O)NC(C)C)cc1. The van der Waals surface area contributed by atoms with Gasteiger partial charge in [-0.2, -0.15) is 0 Å². The number of anilines is 1. The first-order valence-electron chi connectivity index (χ1n) is 13.8. The summed E-state index contributed by atoms with van der Waals surface area (Å²) < 4.78 is 26.7. The van der Waals surface area contributed by atoms with E-state index in [0.29, 0.717) is 17.1 Å². The highest BCUT2D eigenvalue weighted by Crippen LogP contribution is 2.27. The molecule has 1 N–H and O–H groups in total. The van der Waals surface area contributed by atoms with Crippen LogP contribution in [0.2, 0.25) is 5.02 Å². The minimum atomic E-state index is -3.63. The van der Waals surface area contributed by atoms with Gasteiger partial charge in [-0.1, -0.05) is 77.8 Å². The molecule has 1 atom stereocenters. The number of halogens is 1. The van der Waals surface area contributed by atoms with Crippen LogP contribution in [0, 0.1) is 13.8 Å². The minimum absolute atomic E-state index is 0.0672. The molecule has 0 aliphatic heterocycles. The van der Waals surface area contributed by atoms with Gasteiger partial charge >= 0.3 is 0 Å². The van der Waals surface area contributed by atoms with Gasteiger partial charge in [0.2, 0.25) is 21.8 Å². The number of hydrogen-bond donors (Lipinski definition) is 1. The highest BCUT2D eigenvalue weighted by Gasteiger charge is 2.31. The van der Waals surface area contributed by atoms with Gasteiger partial charge in [0.05, 0.1) is 11.9 Å². The standard InChI is InChI=1S/C32H40ClN3O4S/c1-23(2)34-32(38)30(20-26-10-7-6-8-11-26)35(22-27-16-13-24(3)14-17-27)31(37)12-9-19-36(41(5,39)40)29-21-28(33)18-15-25(29)4/h6-8,10-11,13-18,21,23,30H,9,12,19-20,22H2,1-5H3,(H,34,38)/t30-/m0/s1. The summed E-state index contributed by atoms with van der Waals surface area (Å²) in [6, 6.07) is 21.8. The molecule has 0 heterocycles. The Hall–Kier alpha value is -3.36. The molecule has 2 amide bonds. The molecule has 0 aromatic heterocycles. The molecule has 3 aromatic carbocycles. The zero-order valence-corrected chi connectivity index (χ0v) is 26.0. The van der Waals surface area contributed by atoms with Gasteiger partial charge in [0.15, 0.2) is 0 Å². The van der Waals surface area contributed by atoms with Gasteiger partial charge in [-0.05, 0) is 62.9 Å². The van der Waals surface area contributed by atoms with E-state index >= 15 is 0 Å². The maximum absolute atomic E-state index is 13.9. The third-order valence-corrected chi connectivity index (χ3v) is 8.18. The fraction of sp³-hybridized carbons (Fsp3) is 0.375. The van der Waals surface area contributed by atoms with Crippen LogP contribution in [-0.2, 0) is 32.6 Å². The normalized spacial score (nSPS) is 12.2. The topological polar surface area (TPSA) is 86.8 Å². The van der Waals surface area contributed by atoms with E-state index in [9.17, 15) is 18.0 Å². The molecular formula is C32H40ClN3O4S. The Kier molecular flexibility index (Phi) is 11.4. The van der Waals surface area contributed by atoms with Crippen LogP contribution in [0.25, 0.3) is 0 Å². The second kappa shape index (κ2) is 14.5. The number of carbonyl (C=O) groups is 2. The average Bonchev–Trinajstić information content (AvgIpc) is 2.90. The second-order valence-electron chi connectivity index (χ2n) is 10.7. The van der Waals surface area contributed by atoms with Crippen LogP contribution in [0.15, 0.2) is 72.8 Å². The fourth-order valence-electron chi connectivity index (χ4n) is 4.66. The Labute approximate surface area is 249 Å². The number of sulfonamides is 1. The summed E-state index contributed by atoms with van der Waals surface area (Å²) in [6.45, 7) is 7.95. The maximum Gasteiger partial charge on any atom is 0.243 e. The van der Waals surface area contributed by atoms with Crippen LogP contribution in [0.1, 0.15) is 48.9 Å². The molecule has 0 spiro atoms. The van der Waals surface area contributed by atoms with Crippen molar-refractivity contribution in [3.8, 4) is 0 Å². The summed E-state index contributed by atoms with van der Waals surface area (Å²) in [6.07, 6.45) is 1.84. The summed E-state index contributed by atoms with van der Waals surface area (Å²) in [7, 11) is -3.63. The summed E-state index contributed by atoms with van der Waals surface area (Å²) in [4.78, 5) is 29.0. The Balaban J connectivity index is 1.89. The third-order valence-electron chi connectivity index (χ3n) is 6.77. The van der Waals surface area contributed by atoms with E-state index in [1.54, 1.807) is 23.1 Å². The van der Waals surface area contributed by atoms with Gasteiger partial charge in [-0.3, -0.25) is 13.9 Å². The zero-order valence-electron chi connectivity index (χ0n) is 24.4. The first kappa shape index (κ1) is 32.2. The van der Waals surface area contributed by atoms with Crippen LogP contribution < -0.4 is 9.62 Å². The summed E-state index contributed by atoms with van der Waals surface area (Å²) in [5, 5.41) is 3.42. The molecule has 3 aromatic rings. The lowest BCUT2D eigenvalue weighted by Crippen LogP contribution is -2.51. The van der Waals surface area contributed by atoms with E-state index in [4.69, 9.17) is 11.6 Å². The molecule has 0 bridgehead atoms. The number of hydrogen-bond acceptors (Lipinski definition) is 4. The number of rotatable bonds is 13. The van der Waals surface area contributed by atoms with E-state index in [1.165, 1.54) is 4.31 Å². The van der Waals surface area contributed by atoms with Gasteiger partial charge in [-0.15, -0.1) is 0 Å². The Morgan fingerprint density at radius 3 is 2.20 bits per heavy atom. The highest BCUT2D eigenvalue weighted by molar-refractivity contribution is 7.92. The molecule has 0 radical (unpaired) electrons. The van der Waals surface area contributed by atoms with Gasteiger partial charge in [-0.25, -0.2) is 8.42 Å². The molecule has 41 heavy (non-hydrogen) atoms. The van der Waals surface area contributed by atoms with Gasteiger partial charge < -0.3 is 10.2 Å². The lowest BCUT2D eigenvalue weighted by Gasteiger charge is -2.32. The number of nitrogens with one attached hydrogen (secondary N) is 1. The number of nitrogens with zero attached hydrogens (tertiary/aromatic N) is 2. The summed E-state index contributed by atoms with van der Waals surface area (Å²) in [5.74, 6) is -0.446. The summed E-state index contributed by atoms with van der Waals surface area (Å²) in [5.41, 5.74) is 4.20. The molecule has 0 saturated carbocycles. The molecule has 7 nitrogen and oxygen atoms in total. The van der Waals surface area contributed by atoms with E-state index in [2.05, 4.69) is 5.32 Å². The van der Waals surface area contributed by atoms with Crippen LogP contribution in [-0.4, -0.2) is 50.0 Å². The number of benzene rings is 3. The van der Waals surface area contributed by atoms with Gasteiger partial charge in [0.25, 0.3) is 0 Å². The van der Waals surface area contributed by atoms with E-state index in [1.807, 2.05) is 82.3 Å². The molecule has 3 rings (SSSR count). The van der Waals surface area contributed by atoms with Crippen LogP contribution in [0.3, 0.4) is 0 Å². The van der Waals surface area contributed by atoms with Crippen molar-refractivity contribution in [3.63, 3.8) is 0 Å². The van der Waals surface area contributed by atoms with Crippen molar-refractivity contribution in [3.05, 3.63) is 100 Å². The Bertz CT molecular complexity index is 1430. The first-order chi connectivity index (χ1) is 19.3. The fourth-order valence-corrected chi connectivity index (χ4v) is 5.84. The smallest absolute Gasteiger partial charge is 0.243 e. The van der Waals surface area contributed by atoms with Crippen molar-refractivity contribution in [2.45, 2.75) is 65.6 Å². The Morgan fingerprint density at radius 2 is 1.59 bits per heavy atom. The lowest BCUT2D eigenvalue weighted by molar-refractivity contribution is -0.141. The van der Waals surface area contributed by atoms with Crippen molar-refractivity contribution in [2.75, 3.05) is 17.1 Å². The molecule has 0 aliphatic carbocycles. The van der Waals surface area contributed by atoms with Crippen LogP contribution >= 0.6 is 11.6 Å². The van der Waals surface area contributed by atoms with Crippen molar-refractivity contribution < 1.29 is 18.0 Å². The van der Waals surface area contributed by atoms with E-state index < -0.39 is 16.1 Å². The predicted octanol–water partition coefficient (Wildman–Crippen LogP) is 5.67. The third kappa shape index (κ3) is 9.61. The number of carbonyl (C=O) groups excluding carboxylic acids is 2. The monoisotopic (exact) mass is 597 g/mol. The van der Waals surface area contributed by atoms with Gasteiger partial charge in [0.1, 0.15) is 6.04 Å². The average molecular weight is 598 g/mol. The van der Waals surface area contributed by atoms with Crippen molar-refractivity contribution in [1.82, 2.24) is 10.2 Å². The molecule has 220 valence electrons. The quantitative estimate of drug-likeness (QED) is 0.275.